The first-order valence-electron chi connectivity index (χ1n) is 8.07. The first-order chi connectivity index (χ1) is 12.6. The first-order valence-corrected chi connectivity index (χ1v) is 9.51. The Hall–Kier alpha value is -3.19. The first kappa shape index (κ1) is 15.1. The van der Waals surface area contributed by atoms with E-state index >= 15 is 0 Å². The van der Waals surface area contributed by atoms with E-state index in [1.54, 1.807) is 42.6 Å². The van der Waals surface area contributed by atoms with Gasteiger partial charge in [-0.3, -0.25) is 13.5 Å². The van der Waals surface area contributed by atoms with Gasteiger partial charge in [0.2, 0.25) is 0 Å². The maximum absolute atomic E-state index is 13.0. The monoisotopic (exact) mass is 363 g/mol. The Bertz CT molecular complexity index is 1350. The van der Waals surface area contributed by atoms with Gasteiger partial charge < -0.3 is 0 Å². The largest absolute Gasteiger partial charge is 0.269 e. The summed E-state index contributed by atoms with van der Waals surface area (Å²) in [5.41, 5.74) is 1.28. The number of benzene rings is 2. The molecule has 2 aromatic carbocycles. The fourth-order valence-corrected chi connectivity index (χ4v) is 5.14. The lowest BCUT2D eigenvalue weighted by molar-refractivity contribution is 0.593. The summed E-state index contributed by atoms with van der Waals surface area (Å²) in [6, 6.07) is 17.4. The van der Waals surface area contributed by atoms with Gasteiger partial charge in [-0.25, -0.2) is 13.4 Å². The quantitative estimate of drug-likeness (QED) is 0.549. The highest BCUT2D eigenvalue weighted by Gasteiger charge is 2.35. The summed E-state index contributed by atoms with van der Waals surface area (Å²) >= 11 is 0. The highest BCUT2D eigenvalue weighted by atomic mass is 32.2. The van der Waals surface area contributed by atoms with Crippen molar-refractivity contribution in [2.75, 3.05) is 4.31 Å². The van der Waals surface area contributed by atoms with E-state index in [1.165, 1.54) is 14.8 Å². The summed E-state index contributed by atoms with van der Waals surface area (Å²) < 4.78 is 28.8. The van der Waals surface area contributed by atoms with Crippen LogP contribution < -0.4 is 9.86 Å². The maximum atomic E-state index is 13.0. The van der Waals surface area contributed by atoms with Crippen molar-refractivity contribution in [3.8, 4) is 0 Å². The molecule has 26 heavy (non-hydrogen) atoms. The Morgan fingerprint density at radius 2 is 1.77 bits per heavy atom. The second-order valence-electron chi connectivity index (χ2n) is 6.16. The van der Waals surface area contributed by atoms with Crippen LogP contribution in [0.1, 0.15) is 5.69 Å². The molecule has 3 heterocycles. The average Bonchev–Trinajstić information content (AvgIpc) is 2.85. The second kappa shape index (κ2) is 5.15. The van der Waals surface area contributed by atoms with Crippen LogP contribution in [0.4, 0.5) is 5.69 Å². The topological polar surface area (TPSA) is 71.8 Å². The van der Waals surface area contributed by atoms with E-state index in [-0.39, 0.29) is 12.1 Å². The molecule has 0 amide bonds. The molecule has 6 nitrogen and oxygen atoms in total. The van der Waals surface area contributed by atoms with Crippen LogP contribution in [0, 0.1) is 0 Å². The van der Waals surface area contributed by atoms with E-state index in [9.17, 15) is 13.2 Å². The molecule has 0 saturated carbocycles. The molecule has 7 heteroatoms. The number of fused-ring (bicyclic) bond motifs is 1. The van der Waals surface area contributed by atoms with Crippen molar-refractivity contribution >= 4 is 32.1 Å². The molecular weight excluding hydrogens is 350 g/mol. The van der Waals surface area contributed by atoms with Gasteiger partial charge >= 0.3 is 0 Å². The normalized spacial score (nSPS) is 15.0. The minimum atomic E-state index is -3.68. The van der Waals surface area contributed by atoms with Gasteiger partial charge in [-0.2, -0.15) is 0 Å². The Morgan fingerprint density at radius 1 is 0.962 bits per heavy atom. The lowest BCUT2D eigenvalue weighted by atomic mass is 10.1. The van der Waals surface area contributed by atoms with Crippen LogP contribution in [0.25, 0.3) is 16.4 Å². The van der Waals surface area contributed by atoms with Crippen LogP contribution in [0.3, 0.4) is 0 Å². The predicted molar refractivity (Wildman–Crippen MR) is 98.8 cm³/mol. The minimum Gasteiger partial charge on any atom is -0.269 e. The number of hydrogen-bond donors (Lipinski definition) is 0. The number of sulfonamides is 1. The SMILES string of the molecule is O=c1cc(CN2c3cccc4cccc(c34)S2(=O)=O)nc2ccccn12. The molecule has 5 rings (SSSR count). The van der Waals surface area contributed by atoms with Crippen LogP contribution in [-0.2, 0) is 16.6 Å². The summed E-state index contributed by atoms with van der Waals surface area (Å²) in [5, 5.41) is 1.59. The third-order valence-electron chi connectivity index (χ3n) is 4.61. The van der Waals surface area contributed by atoms with Gasteiger partial charge in [0.1, 0.15) is 5.65 Å². The Morgan fingerprint density at radius 3 is 2.62 bits per heavy atom. The Kier molecular flexibility index (Phi) is 2.99. The standard InChI is InChI=1S/C19H13N3O3S/c23-18-11-14(20-17-9-1-2-10-21(17)18)12-22-15-7-3-5-13-6-4-8-16(19(13)15)26(22,24)25/h1-11H,12H2. The van der Waals surface area contributed by atoms with Gasteiger partial charge in [0.05, 0.1) is 22.8 Å². The summed E-state index contributed by atoms with van der Waals surface area (Å²) in [5.74, 6) is 0. The van der Waals surface area contributed by atoms with E-state index in [0.29, 0.717) is 27.3 Å². The molecule has 0 spiro atoms. The van der Waals surface area contributed by atoms with Crippen LogP contribution >= 0.6 is 0 Å². The Labute approximate surface area is 149 Å². The third-order valence-corrected chi connectivity index (χ3v) is 6.41. The smallest absolute Gasteiger partial charge is 0.265 e. The number of aromatic nitrogens is 2. The third kappa shape index (κ3) is 2.01. The van der Waals surface area contributed by atoms with Gasteiger partial charge in [0, 0.05) is 17.6 Å². The highest BCUT2D eigenvalue weighted by molar-refractivity contribution is 7.93. The molecule has 1 aliphatic heterocycles. The molecule has 0 N–H and O–H groups in total. The summed E-state index contributed by atoms with van der Waals surface area (Å²) in [6.07, 6.45) is 1.64. The Balaban J connectivity index is 1.69. The van der Waals surface area contributed by atoms with Crippen LogP contribution in [0.5, 0.6) is 0 Å². The van der Waals surface area contributed by atoms with Crippen molar-refractivity contribution in [2.24, 2.45) is 0 Å². The van der Waals surface area contributed by atoms with Gasteiger partial charge in [0.15, 0.2) is 0 Å². The molecule has 0 saturated heterocycles. The van der Waals surface area contributed by atoms with Crippen molar-refractivity contribution in [1.29, 1.82) is 0 Å². The number of rotatable bonds is 2. The van der Waals surface area contributed by atoms with Gasteiger partial charge in [0.25, 0.3) is 15.6 Å². The van der Waals surface area contributed by atoms with Crippen molar-refractivity contribution in [3.05, 3.63) is 82.9 Å². The van der Waals surface area contributed by atoms with Gasteiger partial charge in [-0.1, -0.05) is 30.3 Å². The van der Waals surface area contributed by atoms with Gasteiger partial charge in [-0.15, -0.1) is 0 Å². The van der Waals surface area contributed by atoms with E-state index in [2.05, 4.69) is 4.98 Å². The number of nitrogens with zero attached hydrogens (tertiary/aromatic N) is 3. The number of anilines is 1. The molecule has 1 aliphatic rings. The molecule has 0 atom stereocenters. The maximum Gasteiger partial charge on any atom is 0.265 e. The molecule has 0 aliphatic carbocycles. The van der Waals surface area contributed by atoms with Gasteiger partial charge in [-0.05, 0) is 29.7 Å². The molecule has 0 radical (unpaired) electrons. The minimum absolute atomic E-state index is 0.0107. The molecular formula is C19H13N3O3S. The fraction of sp³-hybridized carbons (Fsp3) is 0.0526. The molecule has 4 aromatic rings. The zero-order valence-electron chi connectivity index (χ0n) is 13.5. The molecule has 2 aromatic heterocycles. The van der Waals surface area contributed by atoms with E-state index < -0.39 is 10.0 Å². The zero-order valence-corrected chi connectivity index (χ0v) is 14.3. The highest BCUT2D eigenvalue weighted by Crippen LogP contribution is 2.42. The van der Waals surface area contributed by atoms with Crippen molar-refractivity contribution in [1.82, 2.24) is 9.38 Å². The van der Waals surface area contributed by atoms with E-state index in [0.717, 1.165) is 5.39 Å². The summed E-state index contributed by atoms with van der Waals surface area (Å²) in [4.78, 5) is 17.0. The zero-order chi connectivity index (χ0) is 17.9. The summed E-state index contributed by atoms with van der Waals surface area (Å²) in [6.45, 7) is 0.0107. The molecule has 0 unspecified atom stereocenters. The lowest BCUT2D eigenvalue weighted by Gasteiger charge is -2.18. The molecule has 0 bridgehead atoms. The lowest BCUT2D eigenvalue weighted by Crippen LogP contribution is -2.28. The number of pyridine rings is 1. The van der Waals surface area contributed by atoms with Crippen LogP contribution in [0.2, 0.25) is 0 Å². The van der Waals surface area contributed by atoms with Crippen molar-refractivity contribution in [3.63, 3.8) is 0 Å². The molecule has 128 valence electrons. The van der Waals surface area contributed by atoms with Crippen LogP contribution in [-0.4, -0.2) is 17.8 Å². The average molecular weight is 363 g/mol. The summed E-state index contributed by atoms with van der Waals surface area (Å²) in [7, 11) is -3.68. The fourth-order valence-electron chi connectivity index (χ4n) is 3.46. The number of hydrogen-bond acceptors (Lipinski definition) is 4. The van der Waals surface area contributed by atoms with Crippen molar-refractivity contribution in [2.45, 2.75) is 11.4 Å². The second-order valence-corrected chi connectivity index (χ2v) is 7.99. The predicted octanol–water partition coefficient (Wildman–Crippen LogP) is 2.56. The van der Waals surface area contributed by atoms with E-state index in [1.807, 2.05) is 18.2 Å². The van der Waals surface area contributed by atoms with Crippen molar-refractivity contribution < 1.29 is 8.42 Å². The van der Waals surface area contributed by atoms with Crippen LogP contribution in [0.15, 0.2) is 76.6 Å². The van der Waals surface area contributed by atoms with E-state index in [4.69, 9.17) is 0 Å². The molecule has 0 fully saturated rings.